The zero-order valence-electron chi connectivity index (χ0n) is 9.91. The third kappa shape index (κ3) is 3.33. The minimum absolute atomic E-state index is 0.263. The summed E-state index contributed by atoms with van der Waals surface area (Å²) >= 11 is 0. The number of nitrogens with one attached hydrogen (secondary N) is 2. The second-order valence-corrected chi connectivity index (χ2v) is 9.88. The molecule has 1 aliphatic rings. The van der Waals surface area contributed by atoms with Gasteiger partial charge in [-0.1, -0.05) is 19.6 Å². The van der Waals surface area contributed by atoms with Crippen molar-refractivity contribution in [2.24, 2.45) is 0 Å². The average molecular weight is 238 g/mol. The molecule has 0 atom stereocenters. The van der Waals surface area contributed by atoms with E-state index in [1.54, 1.807) is 0 Å². The van der Waals surface area contributed by atoms with Crippen LogP contribution < -0.4 is 16.0 Å². The molecule has 0 aromatic carbocycles. The SMILES string of the molecule is C[Si](C)(C)Nc1nc(N)nc(NC2CC2)n1. The predicted octanol–water partition coefficient (Wildman–Crippen LogP) is 1.27. The predicted molar refractivity (Wildman–Crippen MR) is 67.9 cm³/mol. The maximum Gasteiger partial charge on any atom is 0.229 e. The third-order valence-electron chi connectivity index (χ3n) is 2.05. The number of nitrogens with two attached hydrogens (primary N) is 1. The molecule has 0 radical (unpaired) electrons. The first kappa shape index (κ1) is 11.1. The van der Waals surface area contributed by atoms with Gasteiger partial charge in [-0.2, -0.15) is 15.0 Å². The average Bonchev–Trinajstić information content (AvgIpc) is 2.82. The number of hydrogen-bond donors (Lipinski definition) is 3. The van der Waals surface area contributed by atoms with Crippen LogP contribution in [0.5, 0.6) is 0 Å². The molecule has 0 saturated heterocycles. The van der Waals surface area contributed by atoms with E-state index in [1.165, 1.54) is 12.8 Å². The van der Waals surface area contributed by atoms with Crippen LogP contribution in [0.1, 0.15) is 12.8 Å². The zero-order chi connectivity index (χ0) is 11.8. The Bertz CT molecular complexity index is 384. The van der Waals surface area contributed by atoms with Crippen LogP contribution in [0.15, 0.2) is 0 Å². The highest BCUT2D eigenvalue weighted by Crippen LogP contribution is 2.23. The minimum atomic E-state index is -1.45. The molecule has 88 valence electrons. The second-order valence-electron chi connectivity index (χ2n) is 5.13. The third-order valence-corrected chi connectivity index (χ3v) is 3.02. The van der Waals surface area contributed by atoms with E-state index in [0.29, 0.717) is 17.9 Å². The Kier molecular flexibility index (Phi) is 2.71. The summed E-state index contributed by atoms with van der Waals surface area (Å²) in [6.07, 6.45) is 2.37. The quantitative estimate of drug-likeness (QED) is 0.685. The van der Waals surface area contributed by atoms with Gasteiger partial charge in [-0.25, -0.2) is 0 Å². The van der Waals surface area contributed by atoms with Crippen molar-refractivity contribution < 1.29 is 0 Å². The van der Waals surface area contributed by atoms with Gasteiger partial charge in [-0.15, -0.1) is 0 Å². The van der Waals surface area contributed by atoms with Crippen LogP contribution in [0.2, 0.25) is 19.6 Å². The van der Waals surface area contributed by atoms with Crippen molar-refractivity contribution in [1.29, 1.82) is 0 Å². The first-order valence-corrected chi connectivity index (χ1v) is 8.99. The lowest BCUT2D eigenvalue weighted by atomic mass is 10.7. The fraction of sp³-hybridized carbons (Fsp3) is 0.667. The van der Waals surface area contributed by atoms with E-state index in [9.17, 15) is 0 Å². The molecule has 16 heavy (non-hydrogen) atoms. The monoisotopic (exact) mass is 238 g/mol. The second kappa shape index (κ2) is 3.89. The van der Waals surface area contributed by atoms with Gasteiger partial charge in [0.05, 0.1) is 0 Å². The molecule has 2 rings (SSSR count). The maximum absolute atomic E-state index is 5.65. The summed E-state index contributed by atoms with van der Waals surface area (Å²) in [6.45, 7) is 6.54. The Morgan fingerprint density at radius 3 is 2.31 bits per heavy atom. The largest absolute Gasteiger partial charge is 0.380 e. The van der Waals surface area contributed by atoms with Crippen LogP contribution in [0.4, 0.5) is 17.8 Å². The Labute approximate surface area is 96.2 Å². The van der Waals surface area contributed by atoms with Gasteiger partial charge >= 0.3 is 0 Å². The highest BCUT2D eigenvalue weighted by molar-refractivity contribution is 6.79. The summed E-state index contributed by atoms with van der Waals surface area (Å²) in [7, 11) is -1.45. The molecule has 1 saturated carbocycles. The summed E-state index contributed by atoms with van der Waals surface area (Å²) in [5.74, 6) is 1.42. The van der Waals surface area contributed by atoms with Crippen molar-refractivity contribution in [3.8, 4) is 0 Å². The molecule has 0 spiro atoms. The topological polar surface area (TPSA) is 88.8 Å². The van der Waals surface area contributed by atoms with E-state index in [0.717, 1.165) is 0 Å². The number of aromatic nitrogens is 3. The highest BCUT2D eigenvalue weighted by Gasteiger charge is 2.23. The normalized spacial score (nSPS) is 15.9. The van der Waals surface area contributed by atoms with E-state index in [2.05, 4.69) is 44.9 Å². The molecule has 0 bridgehead atoms. The van der Waals surface area contributed by atoms with E-state index in [1.807, 2.05) is 0 Å². The Balaban J connectivity index is 2.14. The van der Waals surface area contributed by atoms with Crippen LogP contribution in [-0.4, -0.2) is 29.2 Å². The molecule has 6 nitrogen and oxygen atoms in total. The van der Waals surface area contributed by atoms with Gasteiger partial charge in [-0.3, -0.25) is 0 Å². The fourth-order valence-corrected chi connectivity index (χ4v) is 2.04. The van der Waals surface area contributed by atoms with E-state index < -0.39 is 8.24 Å². The molecular weight excluding hydrogens is 220 g/mol. The van der Waals surface area contributed by atoms with Crippen molar-refractivity contribution in [2.45, 2.75) is 38.5 Å². The molecular formula is C9H18N6Si. The molecule has 1 aromatic heterocycles. The molecule has 4 N–H and O–H groups in total. The van der Waals surface area contributed by atoms with Crippen molar-refractivity contribution in [3.63, 3.8) is 0 Å². The van der Waals surface area contributed by atoms with Crippen LogP contribution >= 0.6 is 0 Å². The van der Waals surface area contributed by atoms with Crippen molar-refractivity contribution in [2.75, 3.05) is 16.0 Å². The van der Waals surface area contributed by atoms with Gasteiger partial charge in [0.2, 0.25) is 17.8 Å². The van der Waals surface area contributed by atoms with E-state index in [-0.39, 0.29) is 5.95 Å². The first-order valence-electron chi connectivity index (χ1n) is 5.49. The fourth-order valence-electron chi connectivity index (χ4n) is 1.26. The minimum Gasteiger partial charge on any atom is -0.380 e. The number of hydrogen-bond acceptors (Lipinski definition) is 6. The lowest BCUT2D eigenvalue weighted by molar-refractivity contribution is 1.02. The Hall–Kier alpha value is -1.37. The molecule has 0 aliphatic heterocycles. The van der Waals surface area contributed by atoms with Crippen molar-refractivity contribution >= 4 is 26.1 Å². The van der Waals surface area contributed by atoms with Gasteiger partial charge in [0, 0.05) is 6.04 Å². The Morgan fingerprint density at radius 2 is 1.75 bits per heavy atom. The molecule has 0 unspecified atom stereocenters. The highest BCUT2D eigenvalue weighted by atomic mass is 28.3. The lowest BCUT2D eigenvalue weighted by Gasteiger charge is -2.18. The van der Waals surface area contributed by atoms with Crippen LogP contribution in [-0.2, 0) is 0 Å². The van der Waals surface area contributed by atoms with Gasteiger partial charge in [0.25, 0.3) is 0 Å². The number of nitrogens with zero attached hydrogens (tertiary/aromatic N) is 3. The first-order chi connectivity index (χ1) is 7.42. The molecule has 0 amide bonds. The zero-order valence-corrected chi connectivity index (χ0v) is 10.9. The number of rotatable bonds is 4. The Morgan fingerprint density at radius 1 is 1.12 bits per heavy atom. The molecule has 7 heteroatoms. The number of nitrogen functional groups attached to an aromatic ring is 1. The summed E-state index contributed by atoms with van der Waals surface area (Å²) in [6, 6.07) is 0.515. The van der Waals surface area contributed by atoms with Crippen LogP contribution in [0.25, 0.3) is 0 Å². The van der Waals surface area contributed by atoms with E-state index in [4.69, 9.17) is 5.73 Å². The summed E-state index contributed by atoms with van der Waals surface area (Å²) in [4.78, 5) is 15.8. The molecule has 1 fully saturated rings. The van der Waals surface area contributed by atoms with Crippen molar-refractivity contribution in [3.05, 3.63) is 0 Å². The van der Waals surface area contributed by atoms with E-state index >= 15 is 0 Å². The van der Waals surface area contributed by atoms with Crippen LogP contribution in [0.3, 0.4) is 0 Å². The lowest BCUT2D eigenvalue weighted by Crippen LogP contribution is -2.33. The standard InChI is InChI=1S/C9H18N6Si/c1-16(2,3)15-9-13-7(10)12-8(14-9)11-6-4-5-6/h6H,4-5H2,1-3H3,(H4,10,11,12,13,14,15). The summed E-state index contributed by atoms with van der Waals surface area (Å²) < 4.78 is 0. The van der Waals surface area contributed by atoms with Crippen LogP contribution in [0, 0.1) is 0 Å². The molecule has 1 heterocycles. The van der Waals surface area contributed by atoms with Gasteiger partial charge in [0.15, 0.2) is 0 Å². The van der Waals surface area contributed by atoms with Gasteiger partial charge in [-0.05, 0) is 12.8 Å². The molecule has 1 aromatic rings. The van der Waals surface area contributed by atoms with Gasteiger partial charge < -0.3 is 16.0 Å². The van der Waals surface area contributed by atoms with Gasteiger partial charge in [0.1, 0.15) is 8.24 Å². The van der Waals surface area contributed by atoms with Crippen molar-refractivity contribution in [1.82, 2.24) is 15.0 Å². The molecule has 1 aliphatic carbocycles. The summed E-state index contributed by atoms with van der Waals surface area (Å²) in [5.41, 5.74) is 5.65. The number of anilines is 3. The summed E-state index contributed by atoms with van der Waals surface area (Å²) in [5, 5.41) is 3.22. The smallest absolute Gasteiger partial charge is 0.229 e. The maximum atomic E-state index is 5.65.